The minimum absolute atomic E-state index is 0.0791. The highest BCUT2D eigenvalue weighted by Crippen LogP contribution is 2.41. The van der Waals surface area contributed by atoms with Crippen LogP contribution in [0.15, 0.2) is 0 Å². The maximum Gasteiger partial charge on any atom is 0.351 e. The second kappa shape index (κ2) is 9.07. The first kappa shape index (κ1) is 20.2. The summed E-state index contributed by atoms with van der Waals surface area (Å²) in [6.07, 6.45) is 9.74. The van der Waals surface area contributed by atoms with Gasteiger partial charge in [0.1, 0.15) is 18.1 Å². The van der Waals surface area contributed by atoms with Crippen LogP contribution in [0.2, 0.25) is 0 Å². The third-order valence-electron chi connectivity index (χ3n) is 6.67. The Balaban J connectivity index is 1.72. The maximum absolute atomic E-state index is 13.1. The lowest BCUT2D eigenvalue weighted by Crippen LogP contribution is -2.55. The van der Waals surface area contributed by atoms with Crippen molar-refractivity contribution in [1.82, 2.24) is 0 Å². The van der Waals surface area contributed by atoms with Gasteiger partial charge in [-0.1, -0.05) is 19.8 Å². The molecule has 3 rings (SSSR count). The lowest BCUT2D eigenvalue weighted by Gasteiger charge is -2.39. The summed E-state index contributed by atoms with van der Waals surface area (Å²) < 4.78 is 16.8. The van der Waals surface area contributed by atoms with Gasteiger partial charge >= 0.3 is 11.9 Å². The van der Waals surface area contributed by atoms with Gasteiger partial charge in [-0.3, -0.25) is 9.59 Å². The summed E-state index contributed by atoms with van der Waals surface area (Å²) in [6, 6.07) is 0. The van der Waals surface area contributed by atoms with Crippen LogP contribution in [0.5, 0.6) is 0 Å². The molecule has 0 bridgehead atoms. The molecule has 4 unspecified atom stereocenters. The number of carbonyl (C=O) groups is 3. The molecule has 3 fully saturated rings. The Labute approximate surface area is 161 Å². The molecule has 3 aliphatic carbocycles. The van der Waals surface area contributed by atoms with E-state index in [2.05, 4.69) is 6.92 Å². The predicted molar refractivity (Wildman–Crippen MR) is 97.7 cm³/mol. The van der Waals surface area contributed by atoms with Crippen molar-refractivity contribution in [3.05, 3.63) is 0 Å². The monoisotopic (exact) mass is 380 g/mol. The third-order valence-corrected chi connectivity index (χ3v) is 6.67. The smallest absolute Gasteiger partial charge is 0.351 e. The van der Waals surface area contributed by atoms with E-state index in [1.807, 2.05) is 0 Å². The van der Waals surface area contributed by atoms with Crippen LogP contribution in [-0.2, 0) is 28.6 Å². The van der Waals surface area contributed by atoms with Crippen LogP contribution < -0.4 is 0 Å². The van der Waals surface area contributed by atoms with E-state index in [-0.39, 0.29) is 18.7 Å². The van der Waals surface area contributed by atoms with Crippen LogP contribution in [0.4, 0.5) is 0 Å². The van der Waals surface area contributed by atoms with Crippen LogP contribution in [0.1, 0.15) is 84.0 Å². The first-order chi connectivity index (χ1) is 13.1. The largest absolute Gasteiger partial charge is 0.462 e. The van der Waals surface area contributed by atoms with Crippen molar-refractivity contribution in [3.8, 4) is 0 Å². The molecule has 0 aromatic heterocycles. The van der Waals surface area contributed by atoms with Crippen molar-refractivity contribution >= 4 is 18.4 Å². The average molecular weight is 380 g/mol. The summed E-state index contributed by atoms with van der Waals surface area (Å²) in [5.41, 5.74) is -1.53. The zero-order chi connectivity index (χ0) is 19.3. The molecule has 0 heterocycles. The number of rotatable bonds is 7. The summed E-state index contributed by atoms with van der Waals surface area (Å²) in [6.45, 7) is 2.42. The average Bonchev–Trinajstić information content (AvgIpc) is 3.34. The minimum Gasteiger partial charge on any atom is -0.462 e. The maximum atomic E-state index is 13.1. The number of carbonyl (C=O) groups excluding carboxylic acids is 3. The molecular formula is C21H32O6. The molecular weight excluding hydrogens is 348 g/mol. The predicted octanol–water partition coefficient (Wildman–Crippen LogP) is 3.70. The molecule has 3 aliphatic rings. The SMILES string of the molecule is CCC1CCC(OC(=O)C2(OC=O)CCCCC2C(=O)OC2CCCC2)C1. The molecule has 0 aromatic carbocycles. The first-order valence-electron chi connectivity index (χ1n) is 10.6. The Bertz CT molecular complexity index is 541. The molecule has 6 heteroatoms. The Morgan fingerprint density at radius 2 is 1.70 bits per heavy atom. The Morgan fingerprint density at radius 3 is 2.37 bits per heavy atom. The fourth-order valence-electron chi connectivity index (χ4n) is 4.98. The van der Waals surface area contributed by atoms with Crippen molar-refractivity contribution in [1.29, 1.82) is 0 Å². The highest BCUT2D eigenvalue weighted by Gasteiger charge is 2.55. The van der Waals surface area contributed by atoms with E-state index in [9.17, 15) is 14.4 Å². The summed E-state index contributed by atoms with van der Waals surface area (Å²) in [5.74, 6) is -1.18. The van der Waals surface area contributed by atoms with Gasteiger partial charge in [0.25, 0.3) is 6.47 Å². The quantitative estimate of drug-likeness (QED) is 0.381. The number of hydrogen-bond acceptors (Lipinski definition) is 6. The van der Waals surface area contributed by atoms with Crippen molar-refractivity contribution in [3.63, 3.8) is 0 Å². The molecule has 6 nitrogen and oxygen atoms in total. The number of esters is 2. The fraction of sp³-hybridized carbons (Fsp3) is 0.857. The van der Waals surface area contributed by atoms with E-state index in [1.165, 1.54) is 0 Å². The van der Waals surface area contributed by atoms with Gasteiger partial charge in [0.05, 0.1) is 0 Å². The van der Waals surface area contributed by atoms with Gasteiger partial charge in [-0.2, -0.15) is 0 Å². The van der Waals surface area contributed by atoms with Gasteiger partial charge in [-0.15, -0.1) is 0 Å². The van der Waals surface area contributed by atoms with Crippen molar-refractivity contribution in [2.75, 3.05) is 0 Å². The molecule has 0 saturated heterocycles. The van der Waals surface area contributed by atoms with Crippen molar-refractivity contribution in [2.45, 2.75) is 102 Å². The van der Waals surface area contributed by atoms with Crippen LogP contribution in [0, 0.1) is 11.8 Å². The lowest BCUT2D eigenvalue weighted by atomic mass is 9.75. The van der Waals surface area contributed by atoms with Gasteiger partial charge < -0.3 is 14.2 Å². The van der Waals surface area contributed by atoms with Crippen molar-refractivity contribution in [2.24, 2.45) is 11.8 Å². The Kier molecular flexibility index (Phi) is 6.77. The van der Waals surface area contributed by atoms with Gasteiger partial charge in [0.15, 0.2) is 0 Å². The van der Waals surface area contributed by atoms with E-state index in [0.717, 1.165) is 64.2 Å². The summed E-state index contributed by atoms with van der Waals surface area (Å²) in [7, 11) is 0. The second-order valence-electron chi connectivity index (χ2n) is 8.36. The fourth-order valence-corrected chi connectivity index (χ4v) is 4.98. The second-order valence-corrected chi connectivity index (χ2v) is 8.36. The molecule has 0 spiro atoms. The molecule has 152 valence electrons. The molecule has 0 aromatic rings. The minimum atomic E-state index is -1.53. The van der Waals surface area contributed by atoms with E-state index in [4.69, 9.17) is 14.2 Å². The van der Waals surface area contributed by atoms with E-state index in [1.54, 1.807) is 0 Å². The summed E-state index contributed by atoms with van der Waals surface area (Å²) in [4.78, 5) is 37.2. The molecule has 27 heavy (non-hydrogen) atoms. The van der Waals surface area contributed by atoms with E-state index in [0.29, 0.717) is 18.8 Å². The first-order valence-corrected chi connectivity index (χ1v) is 10.6. The highest BCUT2D eigenvalue weighted by atomic mass is 16.6. The van der Waals surface area contributed by atoms with E-state index >= 15 is 0 Å². The zero-order valence-corrected chi connectivity index (χ0v) is 16.3. The summed E-state index contributed by atoms with van der Waals surface area (Å²) in [5, 5.41) is 0. The normalized spacial score (nSPS) is 34.2. The zero-order valence-electron chi connectivity index (χ0n) is 16.3. The number of ether oxygens (including phenoxy) is 3. The van der Waals surface area contributed by atoms with Gasteiger partial charge in [-0.05, 0) is 70.1 Å². The van der Waals surface area contributed by atoms with Gasteiger partial charge in [-0.25, -0.2) is 4.79 Å². The molecule has 0 radical (unpaired) electrons. The molecule has 0 aliphatic heterocycles. The van der Waals surface area contributed by atoms with Crippen LogP contribution in [0.25, 0.3) is 0 Å². The standard InChI is InChI=1S/C21H32O6/c1-2-15-10-11-17(13-15)27-20(24)21(25-14-22)12-6-5-9-18(21)19(23)26-16-7-3-4-8-16/h14-18H,2-13H2,1H3. The third kappa shape index (κ3) is 4.46. The number of hydrogen-bond donors (Lipinski definition) is 0. The molecule has 0 N–H and O–H groups in total. The van der Waals surface area contributed by atoms with Crippen LogP contribution in [-0.4, -0.2) is 36.2 Å². The summed E-state index contributed by atoms with van der Waals surface area (Å²) >= 11 is 0. The topological polar surface area (TPSA) is 78.9 Å². The van der Waals surface area contributed by atoms with Crippen LogP contribution in [0.3, 0.4) is 0 Å². The molecule has 3 saturated carbocycles. The van der Waals surface area contributed by atoms with E-state index < -0.39 is 23.5 Å². The van der Waals surface area contributed by atoms with Gasteiger partial charge in [0.2, 0.25) is 5.60 Å². The molecule has 4 atom stereocenters. The Morgan fingerprint density at radius 1 is 0.963 bits per heavy atom. The van der Waals surface area contributed by atoms with Gasteiger partial charge in [0, 0.05) is 0 Å². The molecule has 0 amide bonds. The highest BCUT2D eigenvalue weighted by molar-refractivity contribution is 5.89. The van der Waals surface area contributed by atoms with Crippen molar-refractivity contribution < 1.29 is 28.6 Å². The Hall–Kier alpha value is -1.59. The lowest BCUT2D eigenvalue weighted by molar-refractivity contribution is -0.199. The van der Waals surface area contributed by atoms with Crippen LogP contribution >= 0.6 is 0 Å².